The first kappa shape index (κ1) is 14.4. The Morgan fingerprint density at radius 3 is 2.39 bits per heavy atom. The fraction of sp³-hybridized carbons (Fsp3) is 0.0385. The fourth-order valence-electron chi connectivity index (χ4n) is 5.02. The number of fused-ring (bicyclic) bond motifs is 12. The lowest BCUT2D eigenvalue weighted by atomic mass is 9.95. The molecular weight excluding hydrogens is 340 g/mol. The van der Waals surface area contributed by atoms with Crippen molar-refractivity contribution >= 4 is 38.4 Å². The Hall–Kier alpha value is -3.65. The first-order valence-corrected chi connectivity index (χ1v) is 9.72. The summed E-state index contributed by atoms with van der Waals surface area (Å²) in [6.45, 7) is 0. The standard InChI is InChI=1S/C26H16N2/c1-2-8-18-16(7-1)15-17-13-14-20-25(24(17)18)19-9-3-5-11-22(19)28-23-12-6-4-10-21(23)27-26(20)28/h1-14H,15H2. The van der Waals surface area contributed by atoms with Gasteiger partial charge in [0.1, 0.15) is 5.65 Å². The molecule has 130 valence electrons. The van der Waals surface area contributed by atoms with Gasteiger partial charge in [-0.05, 0) is 46.9 Å². The largest absolute Gasteiger partial charge is 0.292 e. The van der Waals surface area contributed by atoms with Crippen molar-refractivity contribution in [2.24, 2.45) is 0 Å². The minimum atomic E-state index is 1.01. The highest BCUT2D eigenvalue weighted by molar-refractivity contribution is 6.20. The highest BCUT2D eigenvalue weighted by Crippen LogP contribution is 2.45. The molecule has 2 heterocycles. The Bertz CT molecular complexity index is 1590. The first-order valence-electron chi connectivity index (χ1n) is 9.72. The molecule has 0 amide bonds. The van der Waals surface area contributed by atoms with Crippen LogP contribution in [0.2, 0.25) is 0 Å². The molecule has 1 aliphatic rings. The van der Waals surface area contributed by atoms with Gasteiger partial charge in [0.05, 0.1) is 16.6 Å². The maximum Gasteiger partial charge on any atom is 0.146 e. The van der Waals surface area contributed by atoms with E-state index in [1.54, 1.807) is 0 Å². The van der Waals surface area contributed by atoms with E-state index in [4.69, 9.17) is 4.98 Å². The van der Waals surface area contributed by atoms with Crippen molar-refractivity contribution in [1.82, 2.24) is 9.38 Å². The number of hydrogen-bond acceptors (Lipinski definition) is 1. The predicted molar refractivity (Wildman–Crippen MR) is 116 cm³/mol. The van der Waals surface area contributed by atoms with E-state index in [1.165, 1.54) is 43.9 Å². The van der Waals surface area contributed by atoms with Crippen LogP contribution in [0.3, 0.4) is 0 Å². The van der Waals surface area contributed by atoms with E-state index in [9.17, 15) is 0 Å². The Labute approximate surface area is 161 Å². The first-order chi connectivity index (χ1) is 13.9. The SMILES string of the molecule is c1ccc2c(c1)Cc1ccc3c(c1-2)c1ccccc1n1c2ccccc2nc31. The molecule has 2 heteroatoms. The summed E-state index contributed by atoms with van der Waals surface area (Å²) in [5.74, 6) is 0. The van der Waals surface area contributed by atoms with Crippen LogP contribution in [0.25, 0.3) is 49.5 Å². The molecule has 1 aliphatic carbocycles. The lowest BCUT2D eigenvalue weighted by Gasteiger charge is -2.13. The summed E-state index contributed by atoms with van der Waals surface area (Å²) in [4.78, 5) is 5.04. The van der Waals surface area contributed by atoms with Gasteiger partial charge in [0.2, 0.25) is 0 Å². The molecule has 2 nitrogen and oxygen atoms in total. The quantitative estimate of drug-likeness (QED) is 0.289. The average Bonchev–Trinajstić information content (AvgIpc) is 3.32. The van der Waals surface area contributed by atoms with Gasteiger partial charge < -0.3 is 0 Å². The molecule has 6 aromatic rings. The highest BCUT2D eigenvalue weighted by atomic mass is 15.0. The number of pyridine rings is 1. The highest BCUT2D eigenvalue weighted by Gasteiger charge is 2.23. The van der Waals surface area contributed by atoms with Crippen LogP contribution in [0.5, 0.6) is 0 Å². The van der Waals surface area contributed by atoms with Gasteiger partial charge >= 0.3 is 0 Å². The zero-order chi connectivity index (χ0) is 18.2. The van der Waals surface area contributed by atoms with Crippen molar-refractivity contribution in [1.29, 1.82) is 0 Å². The van der Waals surface area contributed by atoms with Crippen LogP contribution in [0, 0.1) is 0 Å². The maximum absolute atomic E-state index is 5.04. The van der Waals surface area contributed by atoms with Gasteiger partial charge in [-0.2, -0.15) is 0 Å². The van der Waals surface area contributed by atoms with Gasteiger partial charge in [-0.1, -0.05) is 66.7 Å². The van der Waals surface area contributed by atoms with Crippen molar-refractivity contribution in [3.8, 4) is 11.1 Å². The minimum absolute atomic E-state index is 1.01. The van der Waals surface area contributed by atoms with E-state index < -0.39 is 0 Å². The second-order valence-corrected chi connectivity index (χ2v) is 7.63. The normalized spacial score (nSPS) is 12.9. The van der Waals surface area contributed by atoms with Crippen molar-refractivity contribution in [3.63, 3.8) is 0 Å². The molecule has 0 bridgehead atoms. The number of hydrogen-bond donors (Lipinski definition) is 0. The molecule has 0 atom stereocenters. The molecule has 0 fully saturated rings. The monoisotopic (exact) mass is 356 g/mol. The lowest BCUT2D eigenvalue weighted by Crippen LogP contribution is -1.93. The van der Waals surface area contributed by atoms with Gasteiger partial charge in [-0.25, -0.2) is 4.98 Å². The maximum atomic E-state index is 5.04. The van der Waals surface area contributed by atoms with Crippen LogP contribution in [-0.2, 0) is 6.42 Å². The van der Waals surface area contributed by atoms with Crippen molar-refractivity contribution in [2.75, 3.05) is 0 Å². The average molecular weight is 356 g/mol. The molecule has 0 aliphatic heterocycles. The topological polar surface area (TPSA) is 17.3 Å². The Balaban J connectivity index is 1.82. The van der Waals surface area contributed by atoms with Gasteiger partial charge in [0.25, 0.3) is 0 Å². The molecule has 28 heavy (non-hydrogen) atoms. The summed E-state index contributed by atoms with van der Waals surface area (Å²) in [6, 6.07) is 30.5. The summed E-state index contributed by atoms with van der Waals surface area (Å²) in [5.41, 5.74) is 10.1. The number of aromatic nitrogens is 2. The molecular formula is C26H16N2. The van der Waals surface area contributed by atoms with Crippen LogP contribution in [-0.4, -0.2) is 9.38 Å². The third-order valence-electron chi connectivity index (χ3n) is 6.18. The third kappa shape index (κ3) is 1.66. The van der Waals surface area contributed by atoms with Crippen molar-refractivity contribution < 1.29 is 0 Å². The number of rotatable bonds is 0. The van der Waals surface area contributed by atoms with E-state index in [1.807, 2.05) is 0 Å². The van der Waals surface area contributed by atoms with E-state index in [0.717, 1.165) is 23.1 Å². The number of benzene rings is 4. The number of para-hydroxylation sites is 3. The summed E-state index contributed by atoms with van der Waals surface area (Å²) >= 11 is 0. The van der Waals surface area contributed by atoms with Gasteiger partial charge in [-0.3, -0.25) is 4.40 Å². The summed E-state index contributed by atoms with van der Waals surface area (Å²) in [6.07, 6.45) is 1.01. The molecule has 4 aromatic carbocycles. The Kier molecular flexibility index (Phi) is 2.57. The van der Waals surface area contributed by atoms with E-state index in [2.05, 4.69) is 89.3 Å². The molecule has 0 spiro atoms. The predicted octanol–water partition coefficient (Wildman–Crippen LogP) is 6.37. The molecule has 0 saturated heterocycles. The summed E-state index contributed by atoms with van der Waals surface area (Å²) in [7, 11) is 0. The van der Waals surface area contributed by atoms with Gasteiger partial charge in [0, 0.05) is 16.2 Å². The molecule has 0 unspecified atom stereocenters. The molecule has 0 saturated carbocycles. The van der Waals surface area contributed by atoms with E-state index in [0.29, 0.717) is 0 Å². The Morgan fingerprint density at radius 1 is 0.643 bits per heavy atom. The summed E-state index contributed by atoms with van der Waals surface area (Å²) in [5, 5.41) is 3.85. The van der Waals surface area contributed by atoms with Crippen molar-refractivity contribution in [3.05, 3.63) is 96.1 Å². The van der Waals surface area contributed by atoms with Crippen LogP contribution in [0.1, 0.15) is 11.1 Å². The molecule has 7 rings (SSSR count). The van der Waals surface area contributed by atoms with E-state index >= 15 is 0 Å². The zero-order valence-corrected chi connectivity index (χ0v) is 15.2. The Morgan fingerprint density at radius 2 is 1.43 bits per heavy atom. The number of imidazole rings is 1. The molecule has 2 aromatic heterocycles. The van der Waals surface area contributed by atoms with Gasteiger partial charge in [0.15, 0.2) is 0 Å². The third-order valence-corrected chi connectivity index (χ3v) is 6.18. The number of nitrogens with zero attached hydrogens (tertiary/aromatic N) is 2. The van der Waals surface area contributed by atoms with Crippen LogP contribution in [0.15, 0.2) is 84.9 Å². The smallest absolute Gasteiger partial charge is 0.146 e. The molecule has 0 radical (unpaired) electrons. The summed E-state index contributed by atoms with van der Waals surface area (Å²) < 4.78 is 2.32. The minimum Gasteiger partial charge on any atom is -0.292 e. The fourth-order valence-corrected chi connectivity index (χ4v) is 5.02. The van der Waals surface area contributed by atoms with E-state index in [-0.39, 0.29) is 0 Å². The van der Waals surface area contributed by atoms with Crippen LogP contribution < -0.4 is 0 Å². The van der Waals surface area contributed by atoms with Crippen LogP contribution in [0.4, 0.5) is 0 Å². The second-order valence-electron chi connectivity index (χ2n) is 7.63. The van der Waals surface area contributed by atoms with Crippen molar-refractivity contribution in [2.45, 2.75) is 6.42 Å². The van der Waals surface area contributed by atoms with Crippen LogP contribution >= 0.6 is 0 Å². The molecule has 0 N–H and O–H groups in total. The zero-order valence-electron chi connectivity index (χ0n) is 15.2. The lowest BCUT2D eigenvalue weighted by molar-refractivity contribution is 1.26. The van der Waals surface area contributed by atoms with Gasteiger partial charge in [-0.15, -0.1) is 0 Å². The second kappa shape index (κ2) is 4.99.